The molecule has 1 atom stereocenters. The van der Waals surface area contributed by atoms with Crippen molar-refractivity contribution >= 4 is 16.8 Å². The standard InChI is InChI=1S/C24H27N9O/c1-16(29-20-4-8-32(15-27)9-5-20)21(12-26)18-10-23(24-19(11-25)13-28-33(24)14-18)34-17(2)22-6-7-31(3)30-22/h6-7,10,12-14,17,20H,4-5,8-9,26H2,1-3H3/b21-12+,29-16?/t17-/m1/s1. The zero-order valence-corrected chi connectivity index (χ0v) is 19.5. The van der Waals surface area contributed by atoms with Crippen LogP contribution < -0.4 is 10.5 Å². The van der Waals surface area contributed by atoms with Gasteiger partial charge in [-0.2, -0.15) is 20.7 Å². The number of aromatic nitrogens is 4. The summed E-state index contributed by atoms with van der Waals surface area (Å²) in [6.45, 7) is 5.26. The average Bonchev–Trinajstić information content (AvgIpc) is 3.46. The third kappa shape index (κ3) is 4.57. The number of aliphatic imine (C=N–C) groups is 1. The molecule has 1 aliphatic rings. The molecule has 0 spiro atoms. The van der Waals surface area contributed by atoms with Crippen molar-refractivity contribution in [2.75, 3.05) is 13.1 Å². The number of ether oxygens (including phenoxy) is 1. The Morgan fingerprint density at radius 1 is 1.35 bits per heavy atom. The van der Waals surface area contributed by atoms with E-state index in [1.807, 2.05) is 45.4 Å². The Bertz CT molecular complexity index is 1330. The van der Waals surface area contributed by atoms with Crippen LogP contribution in [0.5, 0.6) is 5.75 Å². The molecule has 3 aromatic heterocycles. The van der Waals surface area contributed by atoms with Gasteiger partial charge in [0.05, 0.1) is 12.2 Å². The fourth-order valence-electron chi connectivity index (χ4n) is 4.17. The van der Waals surface area contributed by atoms with Gasteiger partial charge in [0.15, 0.2) is 6.19 Å². The summed E-state index contributed by atoms with van der Waals surface area (Å²) in [4.78, 5) is 6.65. The number of nitriles is 2. The van der Waals surface area contributed by atoms with Crippen LogP contribution in [0.2, 0.25) is 0 Å². The Morgan fingerprint density at radius 2 is 2.12 bits per heavy atom. The fourth-order valence-corrected chi connectivity index (χ4v) is 4.17. The van der Waals surface area contributed by atoms with E-state index >= 15 is 0 Å². The Morgan fingerprint density at radius 3 is 2.74 bits per heavy atom. The molecule has 0 aromatic carbocycles. The number of fused-ring (bicyclic) bond motifs is 1. The minimum absolute atomic E-state index is 0.137. The summed E-state index contributed by atoms with van der Waals surface area (Å²) >= 11 is 0. The van der Waals surface area contributed by atoms with E-state index < -0.39 is 0 Å². The minimum atomic E-state index is -0.341. The van der Waals surface area contributed by atoms with Crippen LogP contribution in [0.1, 0.15) is 49.6 Å². The summed E-state index contributed by atoms with van der Waals surface area (Å²) < 4.78 is 9.64. The van der Waals surface area contributed by atoms with Crippen LogP contribution in [0.4, 0.5) is 0 Å². The largest absolute Gasteiger partial charge is 0.482 e. The maximum Gasteiger partial charge on any atom is 0.179 e. The number of pyridine rings is 1. The number of rotatable bonds is 6. The maximum absolute atomic E-state index is 9.59. The molecule has 34 heavy (non-hydrogen) atoms. The number of aryl methyl sites for hydroxylation is 1. The van der Waals surface area contributed by atoms with E-state index in [1.165, 1.54) is 12.4 Å². The predicted octanol–water partition coefficient (Wildman–Crippen LogP) is 2.79. The summed E-state index contributed by atoms with van der Waals surface area (Å²) in [5, 5.41) is 27.4. The van der Waals surface area contributed by atoms with Crippen molar-refractivity contribution < 1.29 is 4.74 Å². The fraction of sp³-hybridized carbons (Fsp3) is 0.375. The minimum Gasteiger partial charge on any atom is -0.482 e. The third-order valence-corrected chi connectivity index (χ3v) is 6.00. The van der Waals surface area contributed by atoms with Crippen LogP contribution in [0.25, 0.3) is 11.1 Å². The lowest BCUT2D eigenvalue weighted by atomic mass is 10.0. The van der Waals surface area contributed by atoms with Crippen LogP contribution in [0.3, 0.4) is 0 Å². The highest BCUT2D eigenvalue weighted by molar-refractivity contribution is 6.22. The SMILES string of the molecule is CC(=NC1CCN(C#N)CC1)/C(=C\N)c1cc(O[C@H](C)c2ccn(C)n2)c2c(C#N)cnn2c1. The molecule has 1 aliphatic heterocycles. The summed E-state index contributed by atoms with van der Waals surface area (Å²) in [7, 11) is 1.85. The second kappa shape index (κ2) is 9.67. The van der Waals surface area contributed by atoms with Crippen molar-refractivity contribution in [3.63, 3.8) is 0 Å². The van der Waals surface area contributed by atoms with Crippen molar-refractivity contribution in [2.45, 2.75) is 38.8 Å². The molecule has 0 radical (unpaired) electrons. The molecule has 2 N–H and O–H groups in total. The summed E-state index contributed by atoms with van der Waals surface area (Å²) in [6, 6.07) is 6.08. The van der Waals surface area contributed by atoms with E-state index in [-0.39, 0.29) is 12.1 Å². The van der Waals surface area contributed by atoms with Crippen molar-refractivity contribution in [2.24, 2.45) is 17.8 Å². The lowest BCUT2D eigenvalue weighted by Gasteiger charge is -2.26. The van der Waals surface area contributed by atoms with E-state index in [1.54, 1.807) is 14.1 Å². The van der Waals surface area contributed by atoms with E-state index in [2.05, 4.69) is 22.5 Å². The van der Waals surface area contributed by atoms with Crippen molar-refractivity contribution in [1.82, 2.24) is 24.3 Å². The van der Waals surface area contributed by atoms with Gasteiger partial charge < -0.3 is 15.4 Å². The lowest BCUT2D eigenvalue weighted by molar-refractivity contribution is 0.223. The smallest absolute Gasteiger partial charge is 0.179 e. The van der Waals surface area contributed by atoms with Gasteiger partial charge in [-0.3, -0.25) is 9.67 Å². The predicted molar refractivity (Wildman–Crippen MR) is 128 cm³/mol. The topological polar surface area (TPSA) is 134 Å². The van der Waals surface area contributed by atoms with Crippen LogP contribution in [-0.4, -0.2) is 49.1 Å². The first-order chi connectivity index (χ1) is 16.4. The van der Waals surface area contributed by atoms with Crippen molar-refractivity contribution in [3.05, 3.63) is 53.7 Å². The molecule has 0 amide bonds. The van der Waals surface area contributed by atoms with Gasteiger partial charge in [0, 0.05) is 55.6 Å². The Balaban J connectivity index is 1.68. The molecule has 174 valence electrons. The monoisotopic (exact) mass is 457 g/mol. The average molecular weight is 458 g/mol. The van der Waals surface area contributed by atoms with Crippen LogP contribution in [-0.2, 0) is 7.05 Å². The quantitative estimate of drug-likeness (QED) is 0.444. The van der Waals surface area contributed by atoms with E-state index in [9.17, 15) is 5.26 Å². The van der Waals surface area contributed by atoms with Gasteiger partial charge in [0.25, 0.3) is 0 Å². The maximum atomic E-state index is 9.59. The molecule has 10 nitrogen and oxygen atoms in total. The van der Waals surface area contributed by atoms with E-state index in [0.717, 1.165) is 35.4 Å². The highest BCUT2D eigenvalue weighted by Gasteiger charge is 2.21. The first kappa shape index (κ1) is 22.9. The second-order valence-electron chi connectivity index (χ2n) is 8.34. The van der Waals surface area contributed by atoms with Crippen molar-refractivity contribution in [3.8, 4) is 18.0 Å². The number of hydrogen-bond acceptors (Lipinski definition) is 8. The Labute approximate surface area is 198 Å². The number of allylic oxidation sites excluding steroid dienone is 1. The summed E-state index contributed by atoms with van der Waals surface area (Å²) in [5.41, 5.74) is 10.2. The second-order valence-corrected chi connectivity index (χ2v) is 8.34. The lowest BCUT2D eigenvalue weighted by Crippen LogP contribution is -2.32. The number of nitrogens with zero attached hydrogens (tertiary/aromatic N) is 8. The van der Waals surface area contributed by atoms with Gasteiger partial charge >= 0.3 is 0 Å². The van der Waals surface area contributed by atoms with Crippen LogP contribution in [0.15, 0.2) is 41.9 Å². The molecular formula is C24H27N9O. The normalized spacial score (nSPS) is 16.3. The summed E-state index contributed by atoms with van der Waals surface area (Å²) in [6.07, 6.45) is 10.2. The van der Waals surface area contributed by atoms with Gasteiger partial charge in [-0.1, -0.05) is 0 Å². The van der Waals surface area contributed by atoms with Gasteiger partial charge in [-0.15, -0.1) is 0 Å². The van der Waals surface area contributed by atoms with Gasteiger partial charge in [0.2, 0.25) is 0 Å². The van der Waals surface area contributed by atoms with E-state index in [0.29, 0.717) is 29.9 Å². The van der Waals surface area contributed by atoms with Gasteiger partial charge in [0.1, 0.15) is 34.7 Å². The molecule has 4 rings (SSSR count). The molecule has 0 aliphatic carbocycles. The molecule has 3 aromatic rings. The number of hydrogen-bond donors (Lipinski definition) is 1. The Hall–Kier alpha value is -4.31. The van der Waals surface area contributed by atoms with Crippen LogP contribution in [0, 0.1) is 22.8 Å². The molecular weight excluding hydrogens is 430 g/mol. The van der Waals surface area contributed by atoms with Crippen molar-refractivity contribution in [1.29, 1.82) is 10.5 Å². The highest BCUT2D eigenvalue weighted by atomic mass is 16.5. The summed E-state index contributed by atoms with van der Waals surface area (Å²) in [5.74, 6) is 0.513. The molecule has 0 unspecified atom stereocenters. The number of likely N-dealkylation sites (tertiary alicyclic amines) is 1. The molecule has 10 heteroatoms. The molecule has 0 saturated carbocycles. The zero-order valence-electron chi connectivity index (χ0n) is 19.5. The zero-order chi connectivity index (χ0) is 24.2. The van der Waals surface area contributed by atoms with E-state index in [4.69, 9.17) is 20.7 Å². The highest BCUT2D eigenvalue weighted by Crippen LogP contribution is 2.31. The number of piperidine rings is 1. The van der Waals surface area contributed by atoms with Crippen LogP contribution >= 0.6 is 0 Å². The third-order valence-electron chi connectivity index (χ3n) is 6.00. The molecule has 0 bridgehead atoms. The molecule has 4 heterocycles. The Kier molecular flexibility index (Phi) is 6.51. The van der Waals surface area contributed by atoms with Gasteiger partial charge in [-0.05, 0) is 38.8 Å². The molecule has 1 fully saturated rings. The first-order valence-electron chi connectivity index (χ1n) is 11.1. The van der Waals surface area contributed by atoms with Gasteiger partial charge in [-0.25, -0.2) is 4.52 Å². The number of nitrogens with two attached hydrogens (primary N) is 1. The first-order valence-corrected chi connectivity index (χ1v) is 11.1. The molecule has 1 saturated heterocycles.